The van der Waals surface area contributed by atoms with Gasteiger partial charge in [0.05, 0.1) is 12.3 Å². The lowest BCUT2D eigenvalue weighted by Gasteiger charge is -2.20. The summed E-state index contributed by atoms with van der Waals surface area (Å²) in [5, 5.41) is 4.27. The molecule has 19 heavy (non-hydrogen) atoms. The van der Waals surface area contributed by atoms with Gasteiger partial charge in [0, 0.05) is 25.3 Å². The van der Waals surface area contributed by atoms with E-state index in [1.54, 1.807) is 11.3 Å². The molecule has 0 atom stereocenters. The molecular formula is C15H20N2OS. The van der Waals surface area contributed by atoms with E-state index in [-0.39, 0.29) is 0 Å². The van der Waals surface area contributed by atoms with E-state index in [2.05, 4.69) is 35.7 Å². The Morgan fingerprint density at radius 3 is 2.84 bits per heavy atom. The zero-order valence-corrected chi connectivity index (χ0v) is 12.2. The van der Waals surface area contributed by atoms with Crippen molar-refractivity contribution in [2.75, 3.05) is 24.3 Å². The van der Waals surface area contributed by atoms with Crippen molar-refractivity contribution in [1.82, 2.24) is 0 Å². The Morgan fingerprint density at radius 1 is 1.32 bits per heavy atom. The Bertz CT molecular complexity index is 511. The lowest BCUT2D eigenvalue weighted by Crippen LogP contribution is -2.16. The number of thiophene rings is 1. The van der Waals surface area contributed by atoms with Crippen LogP contribution in [-0.2, 0) is 6.54 Å². The lowest BCUT2D eigenvalue weighted by atomic mass is 10.2. The molecule has 0 bridgehead atoms. The van der Waals surface area contributed by atoms with Gasteiger partial charge in [0.1, 0.15) is 5.75 Å². The topological polar surface area (TPSA) is 38.5 Å². The molecule has 0 amide bonds. The lowest BCUT2D eigenvalue weighted by molar-refractivity contribution is 0.319. The van der Waals surface area contributed by atoms with E-state index in [0.717, 1.165) is 24.4 Å². The van der Waals surface area contributed by atoms with Gasteiger partial charge in [-0.1, -0.05) is 6.92 Å². The van der Waals surface area contributed by atoms with Gasteiger partial charge in [-0.25, -0.2) is 0 Å². The number of nitrogens with two attached hydrogens (primary N) is 1. The molecule has 4 heteroatoms. The highest BCUT2D eigenvalue weighted by atomic mass is 32.1. The average molecular weight is 276 g/mol. The van der Waals surface area contributed by atoms with Crippen molar-refractivity contribution >= 4 is 22.7 Å². The van der Waals surface area contributed by atoms with Gasteiger partial charge in [-0.2, -0.15) is 11.3 Å². The molecule has 1 heterocycles. The molecule has 0 fully saturated rings. The monoisotopic (exact) mass is 276 g/mol. The van der Waals surface area contributed by atoms with Crippen LogP contribution >= 0.6 is 11.3 Å². The third-order valence-corrected chi connectivity index (χ3v) is 3.63. The van der Waals surface area contributed by atoms with Gasteiger partial charge in [-0.15, -0.1) is 0 Å². The number of hydrogen-bond acceptors (Lipinski definition) is 4. The highest BCUT2D eigenvalue weighted by Gasteiger charge is 2.07. The number of hydrogen-bond donors (Lipinski definition) is 1. The first-order valence-corrected chi connectivity index (χ1v) is 7.39. The van der Waals surface area contributed by atoms with Gasteiger partial charge in [0.15, 0.2) is 0 Å². The van der Waals surface area contributed by atoms with Crippen molar-refractivity contribution in [3.63, 3.8) is 0 Å². The maximum absolute atomic E-state index is 5.92. The predicted octanol–water partition coefficient (Wildman–Crippen LogP) is 3.76. The number of nitrogen functional groups attached to an aromatic ring is 1. The Kier molecular flexibility index (Phi) is 4.68. The summed E-state index contributed by atoms with van der Waals surface area (Å²) in [6, 6.07) is 8.09. The van der Waals surface area contributed by atoms with Gasteiger partial charge in [-0.3, -0.25) is 0 Å². The van der Waals surface area contributed by atoms with Crippen LogP contribution in [0.15, 0.2) is 35.0 Å². The Labute approximate surface area is 118 Å². The summed E-state index contributed by atoms with van der Waals surface area (Å²) in [6.07, 6.45) is 0.981. The molecule has 0 saturated carbocycles. The van der Waals surface area contributed by atoms with E-state index >= 15 is 0 Å². The van der Waals surface area contributed by atoms with Crippen LogP contribution in [0.3, 0.4) is 0 Å². The molecule has 0 aliphatic rings. The van der Waals surface area contributed by atoms with Crippen molar-refractivity contribution in [1.29, 1.82) is 0 Å². The number of benzene rings is 1. The van der Waals surface area contributed by atoms with Crippen LogP contribution in [0.4, 0.5) is 11.4 Å². The van der Waals surface area contributed by atoms with E-state index < -0.39 is 0 Å². The summed E-state index contributed by atoms with van der Waals surface area (Å²) in [5.41, 5.74) is 9.06. The van der Waals surface area contributed by atoms with E-state index in [9.17, 15) is 0 Å². The van der Waals surface area contributed by atoms with Gasteiger partial charge in [-0.05, 0) is 40.9 Å². The van der Waals surface area contributed by atoms with Crippen LogP contribution in [0.25, 0.3) is 0 Å². The summed E-state index contributed by atoms with van der Waals surface area (Å²) < 4.78 is 5.66. The largest absolute Gasteiger partial charge is 0.491 e. The quantitative estimate of drug-likeness (QED) is 0.817. The first kappa shape index (κ1) is 13.7. The summed E-state index contributed by atoms with van der Waals surface area (Å²) >= 11 is 1.72. The van der Waals surface area contributed by atoms with Gasteiger partial charge >= 0.3 is 0 Å². The molecule has 0 radical (unpaired) electrons. The predicted molar refractivity (Wildman–Crippen MR) is 83.1 cm³/mol. The minimum atomic E-state index is 0.695. The molecule has 0 aliphatic heterocycles. The fraction of sp³-hybridized carbons (Fsp3) is 0.333. The SMILES string of the molecule is CCCOc1cc(N(C)Cc2ccsc2)ccc1N. The fourth-order valence-corrected chi connectivity index (χ4v) is 2.51. The van der Waals surface area contributed by atoms with E-state index in [0.29, 0.717) is 12.3 Å². The van der Waals surface area contributed by atoms with Crippen molar-refractivity contribution in [2.45, 2.75) is 19.9 Å². The number of anilines is 2. The zero-order valence-electron chi connectivity index (χ0n) is 11.4. The van der Waals surface area contributed by atoms with Crippen LogP contribution in [0.1, 0.15) is 18.9 Å². The zero-order chi connectivity index (χ0) is 13.7. The van der Waals surface area contributed by atoms with Crippen LogP contribution in [0, 0.1) is 0 Å². The Morgan fingerprint density at radius 2 is 2.16 bits per heavy atom. The molecule has 2 N–H and O–H groups in total. The second-order valence-electron chi connectivity index (χ2n) is 4.56. The van der Waals surface area contributed by atoms with Crippen molar-refractivity contribution < 1.29 is 4.74 Å². The first-order valence-electron chi connectivity index (χ1n) is 6.45. The molecule has 3 nitrogen and oxygen atoms in total. The highest BCUT2D eigenvalue weighted by molar-refractivity contribution is 7.07. The van der Waals surface area contributed by atoms with Crippen LogP contribution in [0.2, 0.25) is 0 Å². The summed E-state index contributed by atoms with van der Waals surface area (Å²) in [5.74, 6) is 0.775. The molecule has 0 aliphatic carbocycles. The van der Waals surface area contributed by atoms with Gasteiger partial charge < -0.3 is 15.4 Å². The fourth-order valence-electron chi connectivity index (χ4n) is 1.85. The molecular weight excluding hydrogens is 256 g/mol. The van der Waals surface area contributed by atoms with E-state index in [1.807, 2.05) is 18.2 Å². The van der Waals surface area contributed by atoms with Gasteiger partial charge in [0.2, 0.25) is 0 Å². The second kappa shape index (κ2) is 6.48. The first-order chi connectivity index (χ1) is 9.20. The third kappa shape index (κ3) is 3.64. The molecule has 2 rings (SSSR count). The highest BCUT2D eigenvalue weighted by Crippen LogP contribution is 2.28. The van der Waals surface area contributed by atoms with E-state index in [4.69, 9.17) is 10.5 Å². The average Bonchev–Trinajstić information content (AvgIpc) is 2.90. The van der Waals surface area contributed by atoms with Crippen molar-refractivity contribution in [2.24, 2.45) is 0 Å². The molecule has 1 aromatic heterocycles. The Hall–Kier alpha value is -1.68. The number of nitrogens with zero attached hydrogens (tertiary/aromatic N) is 1. The molecule has 0 unspecified atom stereocenters. The summed E-state index contributed by atoms with van der Waals surface area (Å²) in [4.78, 5) is 2.19. The number of rotatable bonds is 6. The normalized spacial score (nSPS) is 10.4. The van der Waals surface area contributed by atoms with Crippen molar-refractivity contribution in [3.05, 3.63) is 40.6 Å². The minimum Gasteiger partial charge on any atom is -0.491 e. The summed E-state index contributed by atoms with van der Waals surface area (Å²) in [6.45, 7) is 3.67. The maximum Gasteiger partial charge on any atom is 0.144 e. The maximum atomic E-state index is 5.92. The number of ether oxygens (including phenoxy) is 1. The molecule has 2 aromatic rings. The van der Waals surface area contributed by atoms with E-state index in [1.165, 1.54) is 5.56 Å². The summed E-state index contributed by atoms with van der Waals surface area (Å²) in [7, 11) is 2.08. The molecule has 1 aromatic carbocycles. The van der Waals surface area contributed by atoms with Crippen LogP contribution < -0.4 is 15.4 Å². The van der Waals surface area contributed by atoms with Gasteiger partial charge in [0.25, 0.3) is 0 Å². The second-order valence-corrected chi connectivity index (χ2v) is 5.34. The minimum absolute atomic E-state index is 0.695. The standard InChI is InChI=1S/C15H20N2OS/c1-3-7-18-15-9-13(4-5-14(15)16)17(2)10-12-6-8-19-11-12/h4-6,8-9,11H,3,7,10,16H2,1-2H3. The Balaban J connectivity index is 2.10. The molecule has 102 valence electrons. The molecule has 0 saturated heterocycles. The van der Waals surface area contributed by atoms with Crippen molar-refractivity contribution in [3.8, 4) is 5.75 Å². The van der Waals surface area contributed by atoms with Crippen LogP contribution in [0.5, 0.6) is 5.75 Å². The third-order valence-electron chi connectivity index (χ3n) is 2.90. The van der Waals surface area contributed by atoms with Crippen LogP contribution in [-0.4, -0.2) is 13.7 Å². The molecule has 0 spiro atoms. The smallest absolute Gasteiger partial charge is 0.144 e.